The number of amides is 1. The second kappa shape index (κ2) is 5.55. The molecule has 1 heterocycles. The molecule has 3 atom stereocenters. The first-order valence-corrected chi connectivity index (χ1v) is 6.76. The molecule has 1 fully saturated rings. The third kappa shape index (κ3) is 2.74. The van der Waals surface area contributed by atoms with Gasteiger partial charge in [-0.05, 0) is 31.6 Å². The molecule has 1 aliphatic carbocycles. The van der Waals surface area contributed by atoms with E-state index >= 15 is 0 Å². The summed E-state index contributed by atoms with van der Waals surface area (Å²) in [5, 5.41) is 9.07. The van der Waals surface area contributed by atoms with E-state index in [9.17, 15) is 9.59 Å². The van der Waals surface area contributed by atoms with Gasteiger partial charge in [0.1, 0.15) is 0 Å². The Balaban J connectivity index is 1.93. The molecule has 0 aromatic carbocycles. The minimum atomic E-state index is -0.727. The molecule has 3 unspecified atom stereocenters. The van der Waals surface area contributed by atoms with E-state index in [1.165, 1.54) is 0 Å². The third-order valence-electron chi connectivity index (χ3n) is 4.15. The van der Waals surface area contributed by atoms with Crippen molar-refractivity contribution >= 4 is 11.9 Å². The summed E-state index contributed by atoms with van der Waals surface area (Å²) in [4.78, 5) is 25.2. The summed E-state index contributed by atoms with van der Waals surface area (Å²) < 4.78 is 0. The second-order valence-electron chi connectivity index (χ2n) is 5.48. The molecule has 100 valence electrons. The van der Waals surface area contributed by atoms with E-state index in [2.05, 4.69) is 12.2 Å². The zero-order valence-corrected chi connectivity index (χ0v) is 10.8. The lowest BCUT2D eigenvalue weighted by atomic mass is 9.85. The number of likely N-dealkylation sites (tertiary alicyclic amines) is 1. The van der Waals surface area contributed by atoms with Crippen molar-refractivity contribution in [3.05, 3.63) is 12.2 Å². The minimum absolute atomic E-state index is 0.0549. The smallest absolute Gasteiger partial charge is 0.306 e. The molecule has 18 heavy (non-hydrogen) atoms. The largest absolute Gasteiger partial charge is 0.481 e. The van der Waals surface area contributed by atoms with Gasteiger partial charge in [-0.3, -0.25) is 9.59 Å². The topological polar surface area (TPSA) is 57.6 Å². The standard InChI is InChI=1S/C14H21NO3/c1-10-9-15(8-7-12(10)14(17)18)13(16)11-5-3-2-4-6-11/h2-3,10-12H,4-9H2,1H3,(H,17,18). The summed E-state index contributed by atoms with van der Waals surface area (Å²) in [6.07, 6.45) is 7.56. The number of hydrogen-bond donors (Lipinski definition) is 1. The fourth-order valence-electron chi connectivity index (χ4n) is 2.99. The Kier molecular flexibility index (Phi) is 4.04. The van der Waals surface area contributed by atoms with E-state index < -0.39 is 5.97 Å². The van der Waals surface area contributed by atoms with Crippen LogP contribution in [-0.2, 0) is 9.59 Å². The summed E-state index contributed by atoms with van der Waals surface area (Å²) in [6.45, 7) is 3.12. The van der Waals surface area contributed by atoms with Gasteiger partial charge in [-0.1, -0.05) is 19.1 Å². The van der Waals surface area contributed by atoms with Crippen molar-refractivity contribution in [3.63, 3.8) is 0 Å². The van der Waals surface area contributed by atoms with Gasteiger partial charge in [-0.25, -0.2) is 0 Å². The second-order valence-corrected chi connectivity index (χ2v) is 5.48. The zero-order chi connectivity index (χ0) is 13.1. The van der Waals surface area contributed by atoms with Crippen molar-refractivity contribution < 1.29 is 14.7 Å². The van der Waals surface area contributed by atoms with Crippen molar-refractivity contribution in [2.24, 2.45) is 17.8 Å². The molecule has 0 spiro atoms. The number of hydrogen-bond acceptors (Lipinski definition) is 2. The number of rotatable bonds is 2. The highest BCUT2D eigenvalue weighted by atomic mass is 16.4. The fraction of sp³-hybridized carbons (Fsp3) is 0.714. The van der Waals surface area contributed by atoms with Crippen LogP contribution >= 0.6 is 0 Å². The number of carboxylic acid groups (broad SMARTS) is 1. The average molecular weight is 251 g/mol. The molecule has 1 aliphatic heterocycles. The molecule has 2 rings (SSSR count). The zero-order valence-electron chi connectivity index (χ0n) is 10.8. The lowest BCUT2D eigenvalue weighted by Crippen LogP contribution is -2.47. The lowest BCUT2D eigenvalue weighted by Gasteiger charge is -2.37. The summed E-state index contributed by atoms with van der Waals surface area (Å²) in [7, 11) is 0. The van der Waals surface area contributed by atoms with E-state index in [1.807, 2.05) is 11.8 Å². The Labute approximate surface area is 108 Å². The van der Waals surface area contributed by atoms with Gasteiger partial charge in [0.25, 0.3) is 0 Å². The van der Waals surface area contributed by atoms with E-state index in [0.29, 0.717) is 19.5 Å². The predicted octanol–water partition coefficient (Wildman–Crippen LogP) is 1.91. The molecule has 0 saturated carbocycles. The van der Waals surface area contributed by atoms with Crippen LogP contribution in [-0.4, -0.2) is 35.0 Å². The average Bonchev–Trinajstić information content (AvgIpc) is 2.38. The maximum absolute atomic E-state index is 12.3. The number of aliphatic carboxylic acids is 1. The van der Waals surface area contributed by atoms with Gasteiger partial charge >= 0.3 is 5.97 Å². The summed E-state index contributed by atoms with van der Waals surface area (Å²) in [5.41, 5.74) is 0. The highest BCUT2D eigenvalue weighted by molar-refractivity contribution is 5.80. The normalized spacial score (nSPS) is 32.3. The first-order chi connectivity index (χ1) is 8.59. The molecule has 0 radical (unpaired) electrons. The first kappa shape index (κ1) is 13.1. The molecular formula is C14H21NO3. The van der Waals surface area contributed by atoms with Crippen LogP contribution in [0.1, 0.15) is 32.6 Å². The molecule has 1 N–H and O–H groups in total. The van der Waals surface area contributed by atoms with Crippen LogP contribution in [0.5, 0.6) is 0 Å². The molecule has 1 amide bonds. The van der Waals surface area contributed by atoms with Gasteiger partial charge in [-0.15, -0.1) is 0 Å². The third-order valence-corrected chi connectivity index (χ3v) is 4.15. The molecule has 4 heteroatoms. The Morgan fingerprint density at radius 1 is 1.28 bits per heavy atom. The minimum Gasteiger partial charge on any atom is -0.481 e. The number of carbonyl (C=O) groups excluding carboxylic acids is 1. The Bertz CT molecular complexity index is 364. The van der Waals surface area contributed by atoms with Crippen molar-refractivity contribution in [2.75, 3.05) is 13.1 Å². The molecule has 4 nitrogen and oxygen atoms in total. The summed E-state index contributed by atoms with van der Waals surface area (Å²) in [5.74, 6) is -0.631. The van der Waals surface area contributed by atoms with Crippen molar-refractivity contribution in [2.45, 2.75) is 32.6 Å². The Morgan fingerprint density at radius 2 is 2.06 bits per heavy atom. The van der Waals surface area contributed by atoms with Crippen molar-refractivity contribution in [1.82, 2.24) is 4.90 Å². The van der Waals surface area contributed by atoms with Crippen LogP contribution in [0.3, 0.4) is 0 Å². The quantitative estimate of drug-likeness (QED) is 0.763. The lowest BCUT2D eigenvalue weighted by molar-refractivity contribution is -0.149. The van der Waals surface area contributed by atoms with Gasteiger partial charge in [-0.2, -0.15) is 0 Å². The monoisotopic (exact) mass is 251 g/mol. The first-order valence-electron chi connectivity index (χ1n) is 6.76. The van der Waals surface area contributed by atoms with Crippen molar-refractivity contribution in [1.29, 1.82) is 0 Å². The van der Waals surface area contributed by atoms with E-state index in [0.717, 1.165) is 19.3 Å². The van der Waals surface area contributed by atoms with Gasteiger partial charge in [0.05, 0.1) is 5.92 Å². The van der Waals surface area contributed by atoms with Crippen LogP contribution in [0.15, 0.2) is 12.2 Å². The molecule has 0 aromatic rings. The van der Waals surface area contributed by atoms with Gasteiger partial charge < -0.3 is 10.0 Å². The fourth-order valence-corrected chi connectivity index (χ4v) is 2.99. The molecule has 0 bridgehead atoms. The molecule has 0 aromatic heterocycles. The molecule has 2 aliphatic rings. The maximum Gasteiger partial charge on any atom is 0.306 e. The number of piperidine rings is 1. The Hall–Kier alpha value is -1.32. The molecular weight excluding hydrogens is 230 g/mol. The van der Waals surface area contributed by atoms with E-state index in [4.69, 9.17) is 5.11 Å². The van der Waals surface area contributed by atoms with E-state index in [1.54, 1.807) is 0 Å². The summed E-state index contributed by atoms with van der Waals surface area (Å²) in [6, 6.07) is 0. The maximum atomic E-state index is 12.3. The van der Waals surface area contributed by atoms with E-state index in [-0.39, 0.29) is 23.7 Å². The highest BCUT2D eigenvalue weighted by Gasteiger charge is 2.34. The number of nitrogens with zero attached hydrogens (tertiary/aromatic N) is 1. The van der Waals surface area contributed by atoms with Gasteiger partial charge in [0, 0.05) is 19.0 Å². The van der Waals surface area contributed by atoms with Crippen LogP contribution in [0.25, 0.3) is 0 Å². The SMILES string of the molecule is CC1CN(C(=O)C2CC=CCC2)CCC1C(=O)O. The number of allylic oxidation sites excluding steroid dienone is 2. The highest BCUT2D eigenvalue weighted by Crippen LogP contribution is 2.27. The van der Waals surface area contributed by atoms with Crippen LogP contribution in [0.2, 0.25) is 0 Å². The Morgan fingerprint density at radius 3 is 2.61 bits per heavy atom. The number of carboxylic acids is 1. The van der Waals surface area contributed by atoms with Crippen LogP contribution in [0.4, 0.5) is 0 Å². The van der Waals surface area contributed by atoms with Gasteiger partial charge in [0.2, 0.25) is 5.91 Å². The molecule has 1 saturated heterocycles. The van der Waals surface area contributed by atoms with Gasteiger partial charge in [0.15, 0.2) is 0 Å². The summed E-state index contributed by atoms with van der Waals surface area (Å²) >= 11 is 0. The van der Waals surface area contributed by atoms with Crippen LogP contribution < -0.4 is 0 Å². The predicted molar refractivity (Wildman–Crippen MR) is 68.0 cm³/mol. The van der Waals surface area contributed by atoms with Crippen LogP contribution in [0, 0.1) is 17.8 Å². The number of carbonyl (C=O) groups is 2. The van der Waals surface area contributed by atoms with Crippen molar-refractivity contribution in [3.8, 4) is 0 Å².